The SMILES string of the molecule is Cc1cc(OCc2ccc(/C=C/C(N)=O)o2)cc(C)c1Cl. The van der Waals surface area contributed by atoms with E-state index in [1.807, 2.05) is 26.0 Å². The maximum absolute atomic E-state index is 10.6. The summed E-state index contributed by atoms with van der Waals surface area (Å²) >= 11 is 6.11. The van der Waals surface area contributed by atoms with Gasteiger partial charge in [0.15, 0.2) is 0 Å². The van der Waals surface area contributed by atoms with Crippen LogP contribution in [0.4, 0.5) is 0 Å². The van der Waals surface area contributed by atoms with Gasteiger partial charge in [-0.05, 0) is 55.3 Å². The Balaban J connectivity index is 2.02. The van der Waals surface area contributed by atoms with Crippen LogP contribution in [0.5, 0.6) is 5.75 Å². The van der Waals surface area contributed by atoms with Crippen LogP contribution < -0.4 is 10.5 Å². The minimum absolute atomic E-state index is 0.297. The van der Waals surface area contributed by atoms with Gasteiger partial charge in [0.1, 0.15) is 23.9 Å². The lowest BCUT2D eigenvalue weighted by atomic mass is 10.1. The Labute approximate surface area is 128 Å². The molecule has 0 bridgehead atoms. The number of carbonyl (C=O) groups is 1. The first-order valence-corrected chi connectivity index (χ1v) is 6.79. The van der Waals surface area contributed by atoms with Gasteiger partial charge in [-0.25, -0.2) is 0 Å². The van der Waals surface area contributed by atoms with E-state index in [0.717, 1.165) is 21.9 Å². The van der Waals surface area contributed by atoms with Crippen LogP contribution in [0.25, 0.3) is 6.08 Å². The van der Waals surface area contributed by atoms with Crippen LogP contribution in [0, 0.1) is 13.8 Å². The third-order valence-corrected chi connectivity index (χ3v) is 3.48. The summed E-state index contributed by atoms with van der Waals surface area (Å²) in [5.41, 5.74) is 6.96. The van der Waals surface area contributed by atoms with E-state index >= 15 is 0 Å². The van der Waals surface area contributed by atoms with Crippen LogP contribution in [0.15, 0.2) is 34.8 Å². The highest BCUT2D eigenvalue weighted by atomic mass is 35.5. The standard InChI is InChI=1S/C16H16ClNO3/c1-10-7-14(8-11(2)16(10)17)20-9-13-4-3-12(21-13)5-6-15(18)19/h3-8H,9H2,1-2H3,(H2,18,19)/b6-5+. The number of hydrogen-bond acceptors (Lipinski definition) is 3. The van der Waals surface area contributed by atoms with Crippen molar-refractivity contribution in [2.75, 3.05) is 0 Å². The average Bonchev–Trinajstić information content (AvgIpc) is 2.88. The molecule has 0 spiro atoms. The summed E-state index contributed by atoms with van der Waals surface area (Å²) in [6.07, 6.45) is 2.76. The summed E-state index contributed by atoms with van der Waals surface area (Å²) in [6.45, 7) is 4.16. The summed E-state index contributed by atoms with van der Waals surface area (Å²) in [6, 6.07) is 7.30. The summed E-state index contributed by atoms with van der Waals surface area (Å²) in [5.74, 6) is 1.43. The van der Waals surface area contributed by atoms with Gasteiger partial charge in [0.2, 0.25) is 5.91 Å². The number of carbonyl (C=O) groups excluding carboxylic acids is 1. The number of benzene rings is 1. The van der Waals surface area contributed by atoms with Crippen molar-refractivity contribution in [3.8, 4) is 5.75 Å². The maximum Gasteiger partial charge on any atom is 0.241 e. The largest absolute Gasteiger partial charge is 0.486 e. The first kappa shape index (κ1) is 15.2. The van der Waals surface area contributed by atoms with Gasteiger partial charge in [-0.1, -0.05) is 11.6 Å². The first-order valence-electron chi connectivity index (χ1n) is 6.41. The van der Waals surface area contributed by atoms with Crippen molar-refractivity contribution in [1.82, 2.24) is 0 Å². The zero-order chi connectivity index (χ0) is 15.4. The topological polar surface area (TPSA) is 65.5 Å². The molecule has 21 heavy (non-hydrogen) atoms. The van der Waals surface area contributed by atoms with E-state index in [-0.39, 0.29) is 0 Å². The van der Waals surface area contributed by atoms with Gasteiger partial charge >= 0.3 is 0 Å². The van der Waals surface area contributed by atoms with Crippen LogP contribution in [0.1, 0.15) is 22.6 Å². The second-order valence-electron chi connectivity index (χ2n) is 4.70. The molecule has 2 rings (SSSR count). The van der Waals surface area contributed by atoms with Crippen LogP contribution in [-0.4, -0.2) is 5.91 Å². The highest BCUT2D eigenvalue weighted by Crippen LogP contribution is 2.26. The molecule has 0 saturated heterocycles. The fourth-order valence-electron chi connectivity index (χ4n) is 1.87. The molecule has 5 heteroatoms. The Morgan fingerprint density at radius 3 is 2.62 bits per heavy atom. The lowest BCUT2D eigenvalue weighted by Crippen LogP contribution is -2.04. The van der Waals surface area contributed by atoms with Gasteiger partial charge in [0, 0.05) is 11.1 Å². The van der Waals surface area contributed by atoms with E-state index < -0.39 is 5.91 Å². The van der Waals surface area contributed by atoms with Crippen molar-refractivity contribution in [2.24, 2.45) is 5.73 Å². The molecule has 1 amide bonds. The van der Waals surface area contributed by atoms with Crippen molar-refractivity contribution < 1.29 is 13.9 Å². The number of primary amides is 1. The summed E-state index contributed by atoms with van der Waals surface area (Å²) in [7, 11) is 0. The Hall–Kier alpha value is -2.20. The van der Waals surface area contributed by atoms with E-state index in [9.17, 15) is 4.79 Å². The molecule has 0 aliphatic carbocycles. The van der Waals surface area contributed by atoms with Crippen molar-refractivity contribution in [2.45, 2.75) is 20.5 Å². The number of rotatable bonds is 5. The van der Waals surface area contributed by atoms with E-state index in [0.29, 0.717) is 18.1 Å². The number of amides is 1. The number of hydrogen-bond donors (Lipinski definition) is 1. The van der Waals surface area contributed by atoms with Crippen LogP contribution >= 0.6 is 11.6 Å². The summed E-state index contributed by atoms with van der Waals surface area (Å²) < 4.78 is 11.2. The molecule has 2 N–H and O–H groups in total. The molecule has 0 aliphatic heterocycles. The van der Waals surface area contributed by atoms with Gasteiger partial charge in [0.05, 0.1) is 0 Å². The van der Waals surface area contributed by atoms with Gasteiger partial charge in [-0.2, -0.15) is 0 Å². The van der Waals surface area contributed by atoms with Crippen LogP contribution in [-0.2, 0) is 11.4 Å². The quantitative estimate of drug-likeness (QED) is 0.858. The molecule has 1 heterocycles. The third-order valence-electron chi connectivity index (χ3n) is 2.89. The number of ether oxygens (including phenoxy) is 1. The normalized spacial score (nSPS) is 11.0. The van der Waals surface area contributed by atoms with Crippen LogP contribution in [0.3, 0.4) is 0 Å². The summed E-state index contributed by atoms with van der Waals surface area (Å²) in [4.78, 5) is 10.6. The molecule has 0 fully saturated rings. The molecule has 0 radical (unpaired) electrons. The lowest BCUT2D eigenvalue weighted by molar-refractivity contribution is -0.113. The average molecular weight is 306 g/mol. The Morgan fingerprint density at radius 2 is 2.00 bits per heavy atom. The molecule has 110 valence electrons. The van der Waals surface area contributed by atoms with Crippen molar-refractivity contribution in [3.63, 3.8) is 0 Å². The molecule has 0 atom stereocenters. The van der Waals surface area contributed by atoms with E-state index in [1.165, 1.54) is 12.2 Å². The Morgan fingerprint density at radius 1 is 1.33 bits per heavy atom. The minimum atomic E-state index is -0.517. The third kappa shape index (κ3) is 4.13. The molecule has 2 aromatic rings. The molecule has 1 aromatic carbocycles. The number of nitrogens with two attached hydrogens (primary N) is 1. The van der Waals surface area contributed by atoms with E-state index in [4.69, 9.17) is 26.5 Å². The fraction of sp³-hybridized carbons (Fsp3) is 0.188. The Bertz CT molecular complexity index is 666. The number of furan rings is 1. The highest BCUT2D eigenvalue weighted by Gasteiger charge is 2.05. The van der Waals surface area contributed by atoms with Crippen molar-refractivity contribution in [1.29, 1.82) is 0 Å². The highest BCUT2D eigenvalue weighted by molar-refractivity contribution is 6.32. The second-order valence-corrected chi connectivity index (χ2v) is 5.08. The molecule has 4 nitrogen and oxygen atoms in total. The van der Waals surface area contributed by atoms with E-state index in [1.54, 1.807) is 12.1 Å². The zero-order valence-electron chi connectivity index (χ0n) is 11.9. The number of halogens is 1. The second kappa shape index (κ2) is 6.50. The predicted molar refractivity (Wildman–Crippen MR) is 82.2 cm³/mol. The van der Waals surface area contributed by atoms with E-state index in [2.05, 4.69) is 0 Å². The molecule has 0 saturated carbocycles. The van der Waals surface area contributed by atoms with Crippen molar-refractivity contribution >= 4 is 23.6 Å². The van der Waals surface area contributed by atoms with Gasteiger partial charge in [-0.15, -0.1) is 0 Å². The molecular weight excluding hydrogens is 290 g/mol. The zero-order valence-corrected chi connectivity index (χ0v) is 12.6. The molecule has 1 aromatic heterocycles. The smallest absolute Gasteiger partial charge is 0.241 e. The predicted octanol–water partition coefficient (Wildman–Crippen LogP) is 3.63. The van der Waals surface area contributed by atoms with Gasteiger partial charge in [0.25, 0.3) is 0 Å². The van der Waals surface area contributed by atoms with Gasteiger partial charge < -0.3 is 14.9 Å². The monoisotopic (exact) mass is 305 g/mol. The fourth-order valence-corrected chi connectivity index (χ4v) is 1.98. The summed E-state index contributed by atoms with van der Waals surface area (Å²) in [5, 5.41) is 0.749. The lowest BCUT2D eigenvalue weighted by Gasteiger charge is -2.08. The number of aryl methyl sites for hydroxylation is 2. The molecule has 0 aliphatic rings. The first-order chi connectivity index (χ1) is 9.95. The van der Waals surface area contributed by atoms with Crippen LogP contribution in [0.2, 0.25) is 5.02 Å². The Kier molecular flexibility index (Phi) is 4.70. The molecule has 0 unspecified atom stereocenters. The molecular formula is C16H16ClNO3. The maximum atomic E-state index is 10.6. The van der Waals surface area contributed by atoms with Gasteiger partial charge in [-0.3, -0.25) is 4.79 Å². The minimum Gasteiger partial charge on any atom is -0.486 e. The van der Waals surface area contributed by atoms with Crippen molar-refractivity contribution in [3.05, 3.63) is 58.0 Å².